The van der Waals surface area contributed by atoms with Crippen molar-refractivity contribution >= 4 is 11.6 Å². The van der Waals surface area contributed by atoms with E-state index in [-0.39, 0.29) is 10.7 Å². The molecule has 0 aliphatic heterocycles. The Balaban J connectivity index is 2.72. The van der Waals surface area contributed by atoms with E-state index in [1.54, 1.807) is 0 Å². The minimum absolute atomic E-state index is 0.160. The molecule has 1 N–H and O–H groups in total. The summed E-state index contributed by atoms with van der Waals surface area (Å²) in [4.78, 5) is 3.67. The van der Waals surface area contributed by atoms with Crippen LogP contribution in [0, 0.1) is 0 Å². The summed E-state index contributed by atoms with van der Waals surface area (Å²) >= 11 is 5.52. The second-order valence-electron chi connectivity index (χ2n) is 2.27. The Labute approximate surface area is 82.7 Å². The van der Waals surface area contributed by atoms with Gasteiger partial charge in [-0.3, -0.25) is 0 Å². The van der Waals surface area contributed by atoms with E-state index in [1.807, 2.05) is 0 Å². The van der Waals surface area contributed by atoms with Gasteiger partial charge < -0.3 is 5.32 Å². The third-order valence-corrected chi connectivity index (χ3v) is 1.44. The number of pyridine rings is 1. The van der Waals surface area contributed by atoms with Crippen molar-refractivity contribution in [1.29, 1.82) is 0 Å². The van der Waals surface area contributed by atoms with Crippen LogP contribution in [0.2, 0.25) is 5.15 Å². The Morgan fingerprint density at radius 2 is 2.38 bits per heavy atom. The molecule has 1 aromatic heterocycles. The fourth-order valence-electron chi connectivity index (χ4n) is 0.680. The van der Waals surface area contributed by atoms with Crippen LogP contribution in [-0.4, -0.2) is 18.0 Å². The first-order chi connectivity index (χ1) is 6.92. The first-order valence-corrected chi connectivity index (χ1v) is 3.95. The van der Waals surface area contributed by atoms with Crippen LogP contribution in [0.5, 0.6) is 0 Å². The van der Waals surface area contributed by atoms with Gasteiger partial charge in [-0.1, -0.05) is 17.7 Å². The average molecular weight is 209 g/mol. The van der Waals surface area contributed by atoms with Gasteiger partial charge in [0, 0.05) is 15.4 Å². The quantitative estimate of drug-likeness (QED) is 0.767. The number of nitrogens with one attached hydrogen (secondary N) is 1. The molecule has 2 nitrogen and oxygen atoms in total. The van der Waals surface area contributed by atoms with Crippen molar-refractivity contribution in [2.75, 3.05) is 6.54 Å². The highest BCUT2D eigenvalue weighted by Gasteiger charge is 2.00. The molecular formula is C8H9ClF2N2. The van der Waals surface area contributed by atoms with E-state index >= 15 is 0 Å². The van der Waals surface area contributed by atoms with Gasteiger partial charge in [0.15, 0.2) is 0 Å². The number of hydrogen-bond donors (Lipinski definition) is 1. The Kier molecular flexibility index (Phi) is 2.99. The summed E-state index contributed by atoms with van der Waals surface area (Å²) in [5.74, 6) is 0. The standard InChI is InChI=1S/C8H9ClF2N2/c9-7-2-1-6(4-13-7)3-12-5-8(10)11/h1-2,4,8,12H,3,5H2/i3D2. The zero-order valence-corrected chi connectivity index (χ0v) is 7.35. The summed E-state index contributed by atoms with van der Waals surface area (Å²) in [7, 11) is 0. The highest BCUT2D eigenvalue weighted by molar-refractivity contribution is 6.29. The molecule has 5 heteroatoms. The summed E-state index contributed by atoms with van der Waals surface area (Å²) in [6, 6.07) is 2.80. The molecule has 0 aliphatic rings. The number of hydrogen-bond acceptors (Lipinski definition) is 2. The van der Waals surface area contributed by atoms with Crippen LogP contribution in [0.3, 0.4) is 0 Å². The third kappa shape index (κ3) is 4.15. The van der Waals surface area contributed by atoms with Crippen molar-refractivity contribution in [3.05, 3.63) is 29.0 Å². The molecule has 0 atom stereocenters. The smallest absolute Gasteiger partial charge is 0.250 e. The van der Waals surface area contributed by atoms with E-state index in [2.05, 4.69) is 10.3 Å². The number of aromatic nitrogens is 1. The molecular weight excluding hydrogens is 198 g/mol. The molecule has 1 rings (SSSR count). The van der Waals surface area contributed by atoms with Gasteiger partial charge in [-0.2, -0.15) is 0 Å². The predicted molar refractivity (Wildman–Crippen MR) is 47.0 cm³/mol. The van der Waals surface area contributed by atoms with Gasteiger partial charge in [0.2, 0.25) is 0 Å². The minimum Gasteiger partial charge on any atom is -0.307 e. The lowest BCUT2D eigenvalue weighted by atomic mass is 10.3. The van der Waals surface area contributed by atoms with Gasteiger partial charge in [-0.25, -0.2) is 13.8 Å². The molecule has 0 fully saturated rings. The molecule has 0 aromatic carbocycles. The summed E-state index contributed by atoms with van der Waals surface area (Å²) in [6.07, 6.45) is -1.39. The second-order valence-corrected chi connectivity index (χ2v) is 2.65. The Morgan fingerprint density at radius 3 is 2.92 bits per heavy atom. The maximum absolute atomic E-state index is 11.9. The van der Waals surface area contributed by atoms with Crippen molar-refractivity contribution in [2.24, 2.45) is 0 Å². The van der Waals surface area contributed by atoms with Gasteiger partial charge in [-0.05, 0) is 11.6 Å². The van der Waals surface area contributed by atoms with E-state index < -0.39 is 19.5 Å². The molecule has 0 saturated heterocycles. The van der Waals surface area contributed by atoms with E-state index in [1.165, 1.54) is 18.3 Å². The highest BCUT2D eigenvalue weighted by atomic mass is 35.5. The fourth-order valence-corrected chi connectivity index (χ4v) is 0.792. The molecule has 0 spiro atoms. The van der Waals surface area contributed by atoms with E-state index in [4.69, 9.17) is 14.3 Å². The van der Waals surface area contributed by atoms with Crippen LogP contribution < -0.4 is 5.32 Å². The number of nitrogens with zero attached hydrogens (tertiary/aromatic N) is 1. The van der Waals surface area contributed by atoms with E-state index in [0.717, 1.165) is 0 Å². The number of alkyl halides is 2. The fraction of sp³-hybridized carbons (Fsp3) is 0.375. The summed E-state index contributed by atoms with van der Waals surface area (Å²) < 4.78 is 38.7. The van der Waals surface area contributed by atoms with Crippen LogP contribution in [-0.2, 0) is 6.50 Å². The van der Waals surface area contributed by atoms with E-state index in [9.17, 15) is 8.78 Å². The highest BCUT2D eigenvalue weighted by Crippen LogP contribution is 2.04. The summed E-state index contributed by atoms with van der Waals surface area (Å²) in [5, 5.41) is 2.32. The lowest BCUT2D eigenvalue weighted by Gasteiger charge is -2.03. The van der Waals surface area contributed by atoms with Crippen molar-refractivity contribution in [3.8, 4) is 0 Å². The SMILES string of the molecule is [2H]C([2H])(NCC(F)F)c1ccc(Cl)nc1. The lowest BCUT2D eigenvalue weighted by molar-refractivity contribution is 0.145. The molecule has 13 heavy (non-hydrogen) atoms. The topological polar surface area (TPSA) is 24.9 Å². The molecule has 0 bridgehead atoms. The van der Waals surface area contributed by atoms with Gasteiger partial charge in [0.25, 0.3) is 6.43 Å². The monoisotopic (exact) mass is 208 g/mol. The normalized spacial score (nSPS) is 14.2. The maximum Gasteiger partial charge on any atom is 0.250 e. The first kappa shape index (κ1) is 7.64. The van der Waals surface area contributed by atoms with Crippen LogP contribution in [0.25, 0.3) is 0 Å². The Morgan fingerprint density at radius 1 is 1.62 bits per heavy atom. The molecule has 1 heterocycles. The molecule has 72 valence electrons. The Bertz CT molecular complexity index is 319. The largest absolute Gasteiger partial charge is 0.307 e. The van der Waals surface area contributed by atoms with Crippen molar-refractivity contribution < 1.29 is 11.5 Å². The molecule has 0 saturated carbocycles. The molecule has 0 radical (unpaired) electrons. The van der Waals surface area contributed by atoms with Gasteiger partial charge in [0.1, 0.15) is 5.15 Å². The van der Waals surface area contributed by atoms with Crippen LogP contribution >= 0.6 is 11.6 Å². The average Bonchev–Trinajstić information content (AvgIpc) is 2.16. The number of halogens is 3. The summed E-state index contributed by atoms with van der Waals surface area (Å²) in [6.45, 7) is -2.75. The molecule has 1 aromatic rings. The first-order valence-electron chi connectivity index (χ1n) is 4.57. The minimum atomic E-state index is -2.60. The van der Waals surface area contributed by atoms with E-state index in [0.29, 0.717) is 0 Å². The van der Waals surface area contributed by atoms with Crippen LogP contribution in [0.15, 0.2) is 18.3 Å². The van der Waals surface area contributed by atoms with Crippen molar-refractivity contribution in [3.63, 3.8) is 0 Å². The van der Waals surface area contributed by atoms with Crippen molar-refractivity contribution in [1.82, 2.24) is 10.3 Å². The van der Waals surface area contributed by atoms with Gasteiger partial charge >= 0.3 is 0 Å². The maximum atomic E-state index is 11.9. The third-order valence-electron chi connectivity index (χ3n) is 1.22. The van der Waals surface area contributed by atoms with Crippen molar-refractivity contribution in [2.45, 2.75) is 12.9 Å². The predicted octanol–water partition coefficient (Wildman–Crippen LogP) is 2.09. The second kappa shape index (κ2) is 5.09. The van der Waals surface area contributed by atoms with Gasteiger partial charge in [0.05, 0.1) is 6.54 Å². The molecule has 0 aliphatic carbocycles. The number of rotatable bonds is 4. The zero-order valence-electron chi connectivity index (χ0n) is 8.60. The lowest BCUT2D eigenvalue weighted by Crippen LogP contribution is -2.20. The van der Waals surface area contributed by atoms with Gasteiger partial charge in [-0.15, -0.1) is 0 Å². The molecule has 0 amide bonds. The zero-order chi connectivity index (χ0) is 11.5. The van der Waals surface area contributed by atoms with Crippen LogP contribution in [0.4, 0.5) is 8.78 Å². The molecule has 0 unspecified atom stereocenters. The Hall–Kier alpha value is -0.740. The summed E-state index contributed by atoms with van der Waals surface area (Å²) in [5.41, 5.74) is 0.160. The van der Waals surface area contributed by atoms with Crippen LogP contribution in [0.1, 0.15) is 8.30 Å².